The molecule has 0 atom stereocenters. The number of aryl methyl sites for hydroxylation is 1. The summed E-state index contributed by atoms with van der Waals surface area (Å²) in [5, 5.41) is 3.91. The first kappa shape index (κ1) is 26.6. The van der Waals surface area contributed by atoms with Crippen molar-refractivity contribution in [1.82, 2.24) is 4.90 Å². The van der Waals surface area contributed by atoms with Crippen LogP contribution in [0.15, 0.2) is 89.4 Å². The molecule has 1 fully saturated rings. The number of hydrogen-bond acceptors (Lipinski definition) is 4. The van der Waals surface area contributed by atoms with Crippen molar-refractivity contribution in [3.63, 3.8) is 0 Å². The van der Waals surface area contributed by atoms with Crippen LogP contribution < -0.4 is 10.2 Å². The van der Waals surface area contributed by atoms with Crippen LogP contribution in [-0.2, 0) is 4.79 Å². The molecule has 0 bridgehead atoms. The van der Waals surface area contributed by atoms with Gasteiger partial charge in [-0.1, -0.05) is 40.9 Å². The number of amides is 2. The number of nitrogens with zero attached hydrogens (tertiary/aromatic N) is 2. The number of piperazine rings is 1. The van der Waals surface area contributed by atoms with Gasteiger partial charge in [-0.3, -0.25) is 9.59 Å². The fourth-order valence-corrected chi connectivity index (χ4v) is 4.96. The quantitative estimate of drug-likeness (QED) is 0.254. The van der Waals surface area contributed by atoms with Gasteiger partial charge in [0.25, 0.3) is 5.91 Å². The smallest absolute Gasteiger partial charge is 0.253 e. The van der Waals surface area contributed by atoms with Gasteiger partial charge in [0.1, 0.15) is 11.5 Å². The van der Waals surface area contributed by atoms with Crippen molar-refractivity contribution >= 4 is 52.5 Å². The van der Waals surface area contributed by atoms with Crippen molar-refractivity contribution < 1.29 is 14.0 Å². The van der Waals surface area contributed by atoms with Crippen LogP contribution in [0, 0.1) is 6.92 Å². The van der Waals surface area contributed by atoms with Crippen molar-refractivity contribution in [2.45, 2.75) is 6.92 Å². The van der Waals surface area contributed by atoms with Crippen LogP contribution in [0.25, 0.3) is 17.4 Å². The maximum atomic E-state index is 12.8. The van der Waals surface area contributed by atoms with Crippen LogP contribution in [0.5, 0.6) is 0 Å². The molecule has 1 aliphatic rings. The highest BCUT2D eigenvalue weighted by molar-refractivity contribution is 6.35. The highest BCUT2D eigenvalue weighted by Gasteiger charge is 2.22. The molecule has 0 unspecified atom stereocenters. The lowest BCUT2D eigenvalue weighted by Crippen LogP contribution is -2.48. The highest BCUT2D eigenvalue weighted by atomic mass is 35.5. The monoisotopic (exact) mass is 559 g/mol. The zero-order valence-corrected chi connectivity index (χ0v) is 22.9. The summed E-state index contributed by atoms with van der Waals surface area (Å²) in [6.07, 6.45) is 3.03. The fraction of sp³-hybridized carbons (Fsp3) is 0.161. The van der Waals surface area contributed by atoms with Crippen LogP contribution in [0.1, 0.15) is 21.7 Å². The summed E-state index contributed by atoms with van der Waals surface area (Å²) >= 11 is 12.1. The lowest BCUT2D eigenvalue weighted by atomic mass is 10.1. The number of hydrogen-bond donors (Lipinski definition) is 1. The number of benzene rings is 3. The standard InChI is InChI=1S/C31H27Cl2N3O3/c1-21-2-4-22(5-3-21)31(38)36-16-14-35(15-17-36)27-8-6-26(7-9-27)34-30(37)13-11-28-10-12-29(39-28)23-18-24(32)20-25(33)19-23/h2-13,18-20H,14-17H2,1H3,(H,34,37)/b13-11+. The van der Waals surface area contributed by atoms with Gasteiger partial charge in [0, 0.05) is 64.8 Å². The lowest BCUT2D eigenvalue weighted by Gasteiger charge is -2.36. The average molecular weight is 560 g/mol. The van der Waals surface area contributed by atoms with E-state index in [4.69, 9.17) is 27.6 Å². The second kappa shape index (κ2) is 11.8. The summed E-state index contributed by atoms with van der Waals surface area (Å²) in [5.41, 5.74) is 4.36. The Balaban J connectivity index is 1.13. The number of carbonyl (C=O) groups excluding carboxylic acids is 2. The molecule has 5 rings (SSSR count). The average Bonchev–Trinajstić information content (AvgIpc) is 3.41. The molecule has 4 aromatic rings. The molecule has 0 radical (unpaired) electrons. The number of furan rings is 1. The Morgan fingerprint density at radius 1 is 0.846 bits per heavy atom. The first-order chi connectivity index (χ1) is 18.8. The van der Waals surface area contributed by atoms with E-state index in [0.717, 1.165) is 35.5 Å². The zero-order valence-electron chi connectivity index (χ0n) is 21.4. The van der Waals surface area contributed by atoms with Gasteiger partial charge in [-0.15, -0.1) is 0 Å². The van der Waals surface area contributed by atoms with Gasteiger partial charge < -0.3 is 19.5 Å². The van der Waals surface area contributed by atoms with Gasteiger partial charge in [-0.05, 0) is 79.7 Å². The van der Waals surface area contributed by atoms with Crippen molar-refractivity contribution in [2.24, 2.45) is 0 Å². The highest BCUT2D eigenvalue weighted by Crippen LogP contribution is 2.29. The first-order valence-electron chi connectivity index (χ1n) is 12.6. The zero-order chi connectivity index (χ0) is 27.4. The van der Waals surface area contributed by atoms with Crippen LogP contribution in [0.4, 0.5) is 11.4 Å². The molecule has 1 aromatic heterocycles. The van der Waals surface area contributed by atoms with Gasteiger partial charge in [-0.2, -0.15) is 0 Å². The Bertz CT molecular complexity index is 1480. The van der Waals surface area contributed by atoms with Gasteiger partial charge in [-0.25, -0.2) is 0 Å². The Morgan fingerprint density at radius 3 is 2.18 bits per heavy atom. The Kier molecular flexibility index (Phi) is 8.05. The minimum atomic E-state index is -0.269. The van der Waals surface area contributed by atoms with Gasteiger partial charge >= 0.3 is 0 Å². The summed E-state index contributed by atoms with van der Waals surface area (Å²) in [6, 6.07) is 24.2. The number of nitrogens with one attached hydrogen (secondary N) is 1. The third kappa shape index (κ3) is 6.72. The van der Waals surface area contributed by atoms with Gasteiger partial charge in [0.2, 0.25) is 5.91 Å². The van der Waals surface area contributed by atoms with Crippen molar-refractivity contribution in [3.05, 3.63) is 112 Å². The molecule has 39 heavy (non-hydrogen) atoms. The summed E-state index contributed by atoms with van der Waals surface area (Å²) in [5.74, 6) is 0.942. The molecule has 0 aliphatic carbocycles. The second-order valence-corrected chi connectivity index (χ2v) is 10.2. The Morgan fingerprint density at radius 2 is 1.51 bits per heavy atom. The third-order valence-electron chi connectivity index (χ3n) is 6.54. The maximum absolute atomic E-state index is 12.8. The number of carbonyl (C=O) groups is 2. The van der Waals surface area contributed by atoms with E-state index < -0.39 is 0 Å². The van der Waals surface area contributed by atoms with Crippen molar-refractivity contribution in [3.8, 4) is 11.3 Å². The molecule has 8 heteroatoms. The van der Waals surface area contributed by atoms with E-state index >= 15 is 0 Å². The number of halogens is 2. The lowest BCUT2D eigenvalue weighted by molar-refractivity contribution is -0.111. The summed E-state index contributed by atoms with van der Waals surface area (Å²) in [6.45, 7) is 4.83. The molecular formula is C31H27Cl2N3O3. The predicted molar refractivity (Wildman–Crippen MR) is 158 cm³/mol. The largest absolute Gasteiger partial charge is 0.457 e. The molecule has 0 spiro atoms. The van der Waals surface area contributed by atoms with Crippen LogP contribution in [0.3, 0.4) is 0 Å². The summed E-state index contributed by atoms with van der Waals surface area (Å²) < 4.78 is 5.80. The molecule has 1 saturated heterocycles. The topological polar surface area (TPSA) is 65.8 Å². The minimum absolute atomic E-state index is 0.0698. The molecule has 2 heterocycles. The Labute approximate surface area is 237 Å². The summed E-state index contributed by atoms with van der Waals surface area (Å²) in [4.78, 5) is 29.4. The second-order valence-electron chi connectivity index (χ2n) is 9.37. The van der Waals surface area contributed by atoms with Gasteiger partial charge in [0.15, 0.2) is 0 Å². The summed E-state index contributed by atoms with van der Waals surface area (Å²) in [7, 11) is 0. The molecule has 198 valence electrons. The normalized spacial score (nSPS) is 13.6. The molecule has 2 amide bonds. The van der Waals surface area contributed by atoms with E-state index in [1.807, 2.05) is 60.4 Å². The number of anilines is 2. The first-order valence-corrected chi connectivity index (χ1v) is 13.4. The molecule has 0 saturated carbocycles. The maximum Gasteiger partial charge on any atom is 0.253 e. The SMILES string of the molecule is Cc1ccc(C(=O)N2CCN(c3ccc(NC(=O)/C=C/c4ccc(-c5cc(Cl)cc(Cl)c5)o4)cc3)CC2)cc1. The van der Waals surface area contributed by atoms with E-state index in [9.17, 15) is 9.59 Å². The van der Waals surface area contributed by atoms with Crippen molar-refractivity contribution in [1.29, 1.82) is 0 Å². The third-order valence-corrected chi connectivity index (χ3v) is 6.97. The van der Waals surface area contributed by atoms with Gasteiger partial charge in [0.05, 0.1) is 0 Å². The molecule has 1 N–H and O–H groups in total. The van der Waals surface area contributed by atoms with Crippen LogP contribution in [-0.4, -0.2) is 42.9 Å². The minimum Gasteiger partial charge on any atom is -0.457 e. The molecule has 1 aliphatic heterocycles. The van der Waals surface area contributed by atoms with Crippen LogP contribution in [0.2, 0.25) is 10.0 Å². The van der Waals surface area contributed by atoms with E-state index in [2.05, 4.69) is 10.2 Å². The van der Waals surface area contributed by atoms with E-state index in [0.29, 0.717) is 40.3 Å². The number of rotatable bonds is 6. The van der Waals surface area contributed by atoms with E-state index in [1.165, 1.54) is 6.08 Å². The van der Waals surface area contributed by atoms with E-state index in [1.54, 1.807) is 36.4 Å². The molecular weight excluding hydrogens is 533 g/mol. The van der Waals surface area contributed by atoms with Crippen LogP contribution >= 0.6 is 23.2 Å². The fourth-order valence-electron chi connectivity index (χ4n) is 4.44. The predicted octanol–water partition coefficient (Wildman–Crippen LogP) is 7.18. The Hall–Kier alpha value is -4.00. The van der Waals surface area contributed by atoms with Crippen molar-refractivity contribution in [2.75, 3.05) is 36.4 Å². The molecule has 3 aromatic carbocycles. The molecule has 6 nitrogen and oxygen atoms in total. The van der Waals surface area contributed by atoms with E-state index in [-0.39, 0.29) is 11.8 Å².